The fourth-order valence-electron chi connectivity index (χ4n) is 3.59. The van der Waals surface area contributed by atoms with E-state index in [1.165, 1.54) is 38.8 Å². The van der Waals surface area contributed by atoms with Gasteiger partial charge in [0.2, 0.25) is 0 Å². The van der Waals surface area contributed by atoms with E-state index in [0.29, 0.717) is 12.0 Å². The van der Waals surface area contributed by atoms with Crippen LogP contribution >= 0.6 is 0 Å². The summed E-state index contributed by atoms with van der Waals surface area (Å²) in [5.41, 5.74) is 6.16. The minimum absolute atomic E-state index is 0.358. The van der Waals surface area contributed by atoms with Crippen LogP contribution in [-0.4, -0.2) is 54.6 Å². The molecule has 0 aromatic heterocycles. The molecule has 2 aliphatic heterocycles. The van der Waals surface area contributed by atoms with Crippen LogP contribution in [0.5, 0.6) is 0 Å². The van der Waals surface area contributed by atoms with Crippen molar-refractivity contribution in [1.29, 1.82) is 0 Å². The van der Waals surface area contributed by atoms with Gasteiger partial charge in [0, 0.05) is 24.7 Å². The third-order valence-electron chi connectivity index (χ3n) is 5.06. The van der Waals surface area contributed by atoms with Crippen LogP contribution in [0.4, 0.5) is 0 Å². The Labute approximate surface area is 113 Å². The predicted molar refractivity (Wildman–Crippen MR) is 77.7 cm³/mol. The summed E-state index contributed by atoms with van der Waals surface area (Å²) < 4.78 is 0. The van der Waals surface area contributed by atoms with E-state index in [2.05, 4.69) is 30.7 Å². The topological polar surface area (TPSA) is 32.5 Å². The molecule has 2 rings (SSSR count). The van der Waals surface area contributed by atoms with E-state index in [9.17, 15) is 0 Å². The summed E-state index contributed by atoms with van der Waals surface area (Å²) in [5.74, 6) is 0.605. The lowest BCUT2D eigenvalue weighted by Gasteiger charge is -2.36. The molecule has 2 fully saturated rings. The van der Waals surface area contributed by atoms with Crippen molar-refractivity contribution >= 4 is 0 Å². The van der Waals surface area contributed by atoms with Crippen molar-refractivity contribution in [2.24, 2.45) is 11.7 Å². The van der Waals surface area contributed by atoms with Crippen molar-refractivity contribution in [2.45, 2.75) is 64.1 Å². The van der Waals surface area contributed by atoms with E-state index in [1.807, 2.05) is 0 Å². The largest absolute Gasteiger partial charge is 0.327 e. The molecular weight excluding hydrogens is 222 g/mol. The number of nitrogens with two attached hydrogens (primary N) is 1. The van der Waals surface area contributed by atoms with Crippen LogP contribution < -0.4 is 5.73 Å². The standard InChI is InChI=1S/C15H31N3/c1-12(2)13(16)7-10-17(3)14-8-11-18-9-5-4-6-15(14)18/h12-15H,4-11,16H2,1-3H3. The monoisotopic (exact) mass is 253 g/mol. The van der Waals surface area contributed by atoms with Crippen LogP contribution in [-0.2, 0) is 0 Å². The quantitative estimate of drug-likeness (QED) is 0.812. The Hall–Kier alpha value is -0.120. The second-order valence-electron chi connectivity index (χ2n) is 6.63. The maximum Gasteiger partial charge on any atom is 0.0260 e. The van der Waals surface area contributed by atoms with Crippen molar-refractivity contribution in [1.82, 2.24) is 9.80 Å². The fourth-order valence-corrected chi connectivity index (χ4v) is 3.59. The maximum atomic E-state index is 6.16. The molecule has 0 aliphatic carbocycles. The number of rotatable bonds is 5. The number of nitrogens with zero attached hydrogens (tertiary/aromatic N) is 2. The minimum atomic E-state index is 0.358. The SMILES string of the molecule is CC(C)C(N)CCN(C)C1CCN2CCCCC12. The number of hydrogen-bond donors (Lipinski definition) is 1. The summed E-state index contributed by atoms with van der Waals surface area (Å²) in [4.78, 5) is 5.30. The first kappa shape index (κ1) is 14.3. The molecule has 18 heavy (non-hydrogen) atoms. The van der Waals surface area contributed by atoms with E-state index in [4.69, 9.17) is 5.73 Å². The third kappa shape index (κ3) is 3.25. The molecule has 3 heteroatoms. The van der Waals surface area contributed by atoms with E-state index < -0.39 is 0 Å². The maximum absolute atomic E-state index is 6.16. The molecule has 2 aliphatic rings. The number of fused-ring (bicyclic) bond motifs is 1. The predicted octanol–water partition coefficient (Wildman–Crippen LogP) is 1.92. The molecule has 0 aromatic rings. The summed E-state index contributed by atoms with van der Waals surface area (Å²) >= 11 is 0. The normalized spacial score (nSPS) is 31.0. The van der Waals surface area contributed by atoms with Crippen molar-refractivity contribution in [2.75, 3.05) is 26.7 Å². The Morgan fingerprint density at radius 1 is 1.22 bits per heavy atom. The first-order valence-corrected chi connectivity index (χ1v) is 7.79. The summed E-state index contributed by atoms with van der Waals surface area (Å²) in [6, 6.07) is 1.97. The van der Waals surface area contributed by atoms with Crippen LogP contribution in [0, 0.1) is 5.92 Å². The van der Waals surface area contributed by atoms with Gasteiger partial charge in [0.1, 0.15) is 0 Å². The molecule has 2 N–H and O–H groups in total. The van der Waals surface area contributed by atoms with Gasteiger partial charge in [-0.25, -0.2) is 0 Å². The van der Waals surface area contributed by atoms with Gasteiger partial charge < -0.3 is 10.6 Å². The Morgan fingerprint density at radius 2 is 2.00 bits per heavy atom. The van der Waals surface area contributed by atoms with Crippen LogP contribution in [0.15, 0.2) is 0 Å². The van der Waals surface area contributed by atoms with E-state index >= 15 is 0 Å². The van der Waals surface area contributed by atoms with E-state index in [0.717, 1.165) is 25.0 Å². The summed E-state index contributed by atoms with van der Waals surface area (Å²) in [7, 11) is 2.30. The summed E-state index contributed by atoms with van der Waals surface area (Å²) in [5, 5.41) is 0. The molecule has 106 valence electrons. The zero-order valence-corrected chi connectivity index (χ0v) is 12.4. The lowest BCUT2D eigenvalue weighted by atomic mass is 9.97. The highest BCUT2D eigenvalue weighted by atomic mass is 15.3. The van der Waals surface area contributed by atoms with Crippen molar-refractivity contribution in [3.63, 3.8) is 0 Å². The number of hydrogen-bond acceptors (Lipinski definition) is 3. The molecule has 2 heterocycles. The highest BCUT2D eigenvalue weighted by molar-refractivity contribution is 4.94. The van der Waals surface area contributed by atoms with Gasteiger partial charge in [-0.05, 0) is 51.7 Å². The Balaban J connectivity index is 1.80. The Kier molecular flexibility index (Phi) is 5.05. The molecular formula is C15H31N3. The molecule has 2 saturated heterocycles. The first-order chi connectivity index (χ1) is 8.59. The number of piperidine rings is 1. The molecule has 3 unspecified atom stereocenters. The zero-order valence-electron chi connectivity index (χ0n) is 12.4. The lowest BCUT2D eigenvalue weighted by Crippen LogP contribution is -2.46. The Morgan fingerprint density at radius 3 is 2.72 bits per heavy atom. The van der Waals surface area contributed by atoms with Crippen LogP contribution in [0.1, 0.15) is 46.0 Å². The van der Waals surface area contributed by atoms with Gasteiger partial charge in [-0.1, -0.05) is 20.3 Å². The van der Waals surface area contributed by atoms with Gasteiger partial charge in [-0.15, -0.1) is 0 Å². The second kappa shape index (κ2) is 6.36. The van der Waals surface area contributed by atoms with Crippen LogP contribution in [0.25, 0.3) is 0 Å². The molecule has 0 amide bonds. The van der Waals surface area contributed by atoms with E-state index in [-0.39, 0.29) is 0 Å². The van der Waals surface area contributed by atoms with Crippen molar-refractivity contribution in [3.05, 3.63) is 0 Å². The Bertz CT molecular complexity index is 254. The van der Waals surface area contributed by atoms with Crippen molar-refractivity contribution in [3.8, 4) is 0 Å². The third-order valence-corrected chi connectivity index (χ3v) is 5.06. The van der Waals surface area contributed by atoms with E-state index in [1.54, 1.807) is 0 Å². The zero-order chi connectivity index (χ0) is 13.1. The average molecular weight is 253 g/mol. The van der Waals surface area contributed by atoms with Gasteiger partial charge in [0.25, 0.3) is 0 Å². The first-order valence-electron chi connectivity index (χ1n) is 7.79. The summed E-state index contributed by atoms with van der Waals surface area (Å²) in [6.07, 6.45) is 6.74. The molecule has 0 bridgehead atoms. The molecule has 3 atom stereocenters. The average Bonchev–Trinajstić information content (AvgIpc) is 2.79. The lowest BCUT2D eigenvalue weighted by molar-refractivity contribution is 0.128. The smallest absolute Gasteiger partial charge is 0.0260 e. The van der Waals surface area contributed by atoms with Crippen LogP contribution in [0.3, 0.4) is 0 Å². The highest BCUT2D eigenvalue weighted by Crippen LogP contribution is 2.30. The van der Waals surface area contributed by atoms with Gasteiger partial charge >= 0.3 is 0 Å². The van der Waals surface area contributed by atoms with Gasteiger partial charge in [-0.2, -0.15) is 0 Å². The number of likely N-dealkylation sites (N-methyl/N-ethyl adjacent to an activating group) is 1. The summed E-state index contributed by atoms with van der Waals surface area (Å²) in [6.45, 7) is 8.26. The van der Waals surface area contributed by atoms with Crippen LogP contribution in [0.2, 0.25) is 0 Å². The molecule has 3 nitrogen and oxygen atoms in total. The van der Waals surface area contributed by atoms with Crippen molar-refractivity contribution < 1.29 is 0 Å². The van der Waals surface area contributed by atoms with Gasteiger partial charge in [0.15, 0.2) is 0 Å². The molecule has 0 spiro atoms. The molecule has 0 aromatic carbocycles. The van der Waals surface area contributed by atoms with Gasteiger partial charge in [0.05, 0.1) is 0 Å². The minimum Gasteiger partial charge on any atom is -0.327 e. The second-order valence-corrected chi connectivity index (χ2v) is 6.63. The highest BCUT2D eigenvalue weighted by Gasteiger charge is 2.37. The fraction of sp³-hybridized carbons (Fsp3) is 1.00. The molecule has 0 radical (unpaired) electrons. The van der Waals surface area contributed by atoms with Gasteiger partial charge in [-0.3, -0.25) is 4.90 Å². The molecule has 0 saturated carbocycles.